The number of para-hydroxylation sites is 2. The van der Waals surface area contributed by atoms with E-state index >= 15 is 0 Å². The Labute approximate surface area is 214 Å². The number of aliphatic imine (C=N–C) groups is 1. The zero-order valence-corrected chi connectivity index (χ0v) is 22.4. The third kappa shape index (κ3) is 10.3. The van der Waals surface area contributed by atoms with E-state index in [1.54, 1.807) is 14.2 Å². The molecular weight excluding hydrogens is 533 g/mol. The van der Waals surface area contributed by atoms with E-state index in [0.717, 1.165) is 12.1 Å². The van der Waals surface area contributed by atoms with Gasteiger partial charge in [-0.3, -0.25) is 9.79 Å². The molecule has 0 fully saturated rings. The van der Waals surface area contributed by atoms with E-state index in [-0.39, 0.29) is 36.0 Å². The molecule has 8 nitrogen and oxygen atoms in total. The smallest absolute Gasteiger partial charge is 0.251 e. The fourth-order valence-corrected chi connectivity index (χ4v) is 2.94. The molecule has 0 spiro atoms. The van der Waals surface area contributed by atoms with E-state index in [2.05, 4.69) is 20.9 Å². The Balaban J connectivity index is 0.00000544. The van der Waals surface area contributed by atoms with Crippen LogP contribution in [0.1, 0.15) is 22.8 Å². The molecule has 0 heterocycles. The molecule has 1 unspecified atom stereocenters. The van der Waals surface area contributed by atoms with Gasteiger partial charge in [0.1, 0.15) is 6.10 Å². The molecule has 0 saturated carbocycles. The standard InChI is InChI=1S/C24H35N5O3.HI/c1-18(32-22-12-7-6-11-21(22)31-5)16-27-24(25-2)28-17-19-9-8-10-20(15-19)23(30)26-13-14-29(3)4;/h6-12,15,18H,13-14,16-17H2,1-5H3,(H,26,30)(H2,25,27,28);1H. The molecule has 2 rings (SSSR count). The zero-order valence-electron chi connectivity index (χ0n) is 20.1. The predicted octanol–water partition coefficient (Wildman–Crippen LogP) is 2.74. The van der Waals surface area contributed by atoms with Crippen molar-refractivity contribution in [3.63, 3.8) is 0 Å². The van der Waals surface area contributed by atoms with Gasteiger partial charge >= 0.3 is 0 Å². The number of benzene rings is 2. The molecule has 182 valence electrons. The van der Waals surface area contributed by atoms with Gasteiger partial charge in [-0.15, -0.1) is 24.0 Å². The number of hydrogen-bond donors (Lipinski definition) is 3. The quantitative estimate of drug-likeness (QED) is 0.219. The second-order valence-corrected chi connectivity index (χ2v) is 7.65. The van der Waals surface area contributed by atoms with E-state index in [9.17, 15) is 4.79 Å². The predicted molar refractivity (Wildman–Crippen MR) is 144 cm³/mol. The Hall–Kier alpha value is -2.53. The second kappa shape index (κ2) is 15.3. The molecule has 2 aromatic carbocycles. The number of hydrogen-bond acceptors (Lipinski definition) is 5. The first kappa shape index (κ1) is 28.5. The summed E-state index contributed by atoms with van der Waals surface area (Å²) in [5.74, 6) is 1.99. The third-order valence-corrected chi connectivity index (χ3v) is 4.67. The van der Waals surface area contributed by atoms with E-state index in [4.69, 9.17) is 9.47 Å². The van der Waals surface area contributed by atoms with Crippen molar-refractivity contribution in [2.24, 2.45) is 4.99 Å². The molecule has 0 bridgehead atoms. The highest BCUT2D eigenvalue weighted by molar-refractivity contribution is 14.0. The molecule has 1 amide bonds. The molecule has 0 aliphatic rings. The molecule has 0 saturated heterocycles. The van der Waals surface area contributed by atoms with E-state index in [1.807, 2.05) is 74.4 Å². The maximum Gasteiger partial charge on any atom is 0.251 e. The van der Waals surface area contributed by atoms with Gasteiger partial charge in [-0.1, -0.05) is 24.3 Å². The Morgan fingerprint density at radius 1 is 1.06 bits per heavy atom. The Morgan fingerprint density at radius 2 is 1.79 bits per heavy atom. The van der Waals surface area contributed by atoms with Crippen molar-refractivity contribution in [2.45, 2.75) is 19.6 Å². The zero-order chi connectivity index (χ0) is 23.3. The molecule has 3 N–H and O–H groups in total. The highest BCUT2D eigenvalue weighted by Crippen LogP contribution is 2.26. The lowest BCUT2D eigenvalue weighted by Gasteiger charge is -2.19. The number of methoxy groups -OCH3 is 1. The Morgan fingerprint density at radius 3 is 2.45 bits per heavy atom. The van der Waals surface area contributed by atoms with Gasteiger partial charge in [0.2, 0.25) is 0 Å². The summed E-state index contributed by atoms with van der Waals surface area (Å²) in [6.07, 6.45) is -0.0981. The van der Waals surface area contributed by atoms with Gasteiger partial charge in [-0.05, 0) is 50.8 Å². The van der Waals surface area contributed by atoms with Crippen LogP contribution in [-0.2, 0) is 6.54 Å². The maximum atomic E-state index is 12.3. The van der Waals surface area contributed by atoms with Crippen molar-refractivity contribution in [1.29, 1.82) is 0 Å². The van der Waals surface area contributed by atoms with E-state index in [0.29, 0.717) is 42.7 Å². The number of nitrogens with one attached hydrogen (secondary N) is 3. The van der Waals surface area contributed by atoms with Crippen LogP contribution in [0.4, 0.5) is 0 Å². The monoisotopic (exact) mass is 569 g/mol. The minimum Gasteiger partial charge on any atom is -0.493 e. The van der Waals surface area contributed by atoms with Crippen LogP contribution in [0.25, 0.3) is 0 Å². The summed E-state index contributed by atoms with van der Waals surface area (Å²) in [5.41, 5.74) is 1.64. The molecule has 0 aliphatic carbocycles. The topological polar surface area (TPSA) is 87.2 Å². The Kier molecular flexibility index (Phi) is 13.2. The number of carbonyl (C=O) groups is 1. The summed E-state index contributed by atoms with van der Waals surface area (Å²) in [4.78, 5) is 18.6. The first-order valence-electron chi connectivity index (χ1n) is 10.7. The molecule has 33 heavy (non-hydrogen) atoms. The molecule has 0 aromatic heterocycles. The lowest BCUT2D eigenvalue weighted by atomic mass is 10.1. The normalized spacial score (nSPS) is 11.9. The van der Waals surface area contributed by atoms with Crippen LogP contribution in [0.15, 0.2) is 53.5 Å². The van der Waals surface area contributed by atoms with Crippen molar-refractivity contribution >= 4 is 35.8 Å². The number of likely N-dealkylation sites (N-methyl/N-ethyl adjacent to an activating group) is 1. The molecule has 0 aliphatic heterocycles. The average Bonchev–Trinajstić information content (AvgIpc) is 2.79. The van der Waals surface area contributed by atoms with Gasteiger partial charge in [0.15, 0.2) is 17.5 Å². The maximum absolute atomic E-state index is 12.3. The van der Waals surface area contributed by atoms with Crippen LogP contribution in [0, 0.1) is 0 Å². The first-order chi connectivity index (χ1) is 15.4. The first-order valence-corrected chi connectivity index (χ1v) is 10.7. The highest BCUT2D eigenvalue weighted by atomic mass is 127. The summed E-state index contributed by atoms with van der Waals surface area (Å²) >= 11 is 0. The van der Waals surface area contributed by atoms with Crippen LogP contribution in [0.2, 0.25) is 0 Å². The lowest BCUT2D eigenvalue weighted by molar-refractivity contribution is 0.0951. The highest BCUT2D eigenvalue weighted by Gasteiger charge is 2.10. The lowest BCUT2D eigenvalue weighted by Crippen LogP contribution is -2.41. The minimum atomic E-state index is -0.0981. The SMILES string of the molecule is CN=C(NCc1cccc(C(=O)NCCN(C)C)c1)NCC(C)Oc1ccccc1OC.I. The molecular formula is C24H36IN5O3. The van der Waals surface area contributed by atoms with E-state index in [1.165, 1.54) is 0 Å². The van der Waals surface area contributed by atoms with Crippen LogP contribution < -0.4 is 25.4 Å². The number of ether oxygens (including phenoxy) is 2. The molecule has 0 radical (unpaired) electrons. The van der Waals surface area contributed by atoms with Gasteiger partial charge in [0, 0.05) is 32.2 Å². The van der Waals surface area contributed by atoms with Gasteiger partial charge in [-0.25, -0.2) is 0 Å². The van der Waals surface area contributed by atoms with E-state index < -0.39 is 0 Å². The average molecular weight is 569 g/mol. The second-order valence-electron chi connectivity index (χ2n) is 7.65. The Bertz CT molecular complexity index is 892. The summed E-state index contributed by atoms with van der Waals surface area (Å²) in [6, 6.07) is 15.1. The van der Waals surface area contributed by atoms with Crippen LogP contribution in [0.3, 0.4) is 0 Å². The van der Waals surface area contributed by atoms with Crippen LogP contribution in [0.5, 0.6) is 11.5 Å². The van der Waals surface area contributed by atoms with Crippen molar-refractivity contribution < 1.29 is 14.3 Å². The third-order valence-electron chi connectivity index (χ3n) is 4.67. The van der Waals surface area contributed by atoms with Gasteiger partial charge in [-0.2, -0.15) is 0 Å². The fourth-order valence-electron chi connectivity index (χ4n) is 2.94. The van der Waals surface area contributed by atoms with Crippen LogP contribution in [-0.4, -0.2) is 70.8 Å². The van der Waals surface area contributed by atoms with Gasteiger partial charge in [0.05, 0.1) is 13.7 Å². The minimum absolute atomic E-state index is 0. The summed E-state index contributed by atoms with van der Waals surface area (Å²) in [7, 11) is 7.30. The van der Waals surface area contributed by atoms with Gasteiger partial charge < -0.3 is 30.3 Å². The van der Waals surface area contributed by atoms with Crippen molar-refractivity contribution in [2.75, 3.05) is 47.9 Å². The molecule has 1 atom stereocenters. The van der Waals surface area contributed by atoms with Crippen LogP contribution >= 0.6 is 24.0 Å². The number of carbonyl (C=O) groups excluding carboxylic acids is 1. The summed E-state index contributed by atoms with van der Waals surface area (Å²) in [6.45, 7) is 4.49. The molecule has 9 heteroatoms. The number of halogens is 1. The summed E-state index contributed by atoms with van der Waals surface area (Å²) in [5, 5.41) is 9.47. The van der Waals surface area contributed by atoms with Crippen molar-refractivity contribution in [3.8, 4) is 11.5 Å². The summed E-state index contributed by atoms with van der Waals surface area (Å²) < 4.78 is 11.3. The van der Waals surface area contributed by atoms with Gasteiger partial charge in [0.25, 0.3) is 5.91 Å². The molecule has 2 aromatic rings. The van der Waals surface area contributed by atoms with Crippen molar-refractivity contribution in [1.82, 2.24) is 20.9 Å². The number of guanidine groups is 1. The van der Waals surface area contributed by atoms with Crippen molar-refractivity contribution in [3.05, 3.63) is 59.7 Å². The largest absolute Gasteiger partial charge is 0.493 e. The number of rotatable bonds is 11. The number of nitrogens with zero attached hydrogens (tertiary/aromatic N) is 2. The fraction of sp³-hybridized carbons (Fsp3) is 0.417. The number of amides is 1.